The Kier molecular flexibility index (Phi) is 10.3. The molecule has 0 saturated carbocycles. The Morgan fingerprint density at radius 2 is 2.03 bits per heavy atom. The fraction of sp³-hybridized carbons (Fsp3) is 0.429. The van der Waals surface area contributed by atoms with E-state index in [1.165, 1.54) is 17.0 Å². The SMILES string of the molecule is CCNC(=NCCCNC(=O)c1cccs1)NC1CCN(c2ccccc2)C1.I. The first-order valence-corrected chi connectivity index (χ1v) is 10.8. The van der Waals surface area contributed by atoms with Crippen molar-refractivity contribution >= 4 is 52.9 Å². The highest BCUT2D eigenvalue weighted by atomic mass is 127. The van der Waals surface area contributed by atoms with Crippen LogP contribution in [0.1, 0.15) is 29.4 Å². The number of hydrogen-bond acceptors (Lipinski definition) is 4. The first-order chi connectivity index (χ1) is 13.8. The summed E-state index contributed by atoms with van der Waals surface area (Å²) in [6.07, 6.45) is 1.91. The molecule has 1 amide bonds. The minimum absolute atomic E-state index is 0. The monoisotopic (exact) mass is 527 g/mol. The maximum absolute atomic E-state index is 11.9. The second-order valence-corrected chi connectivity index (χ2v) is 7.71. The van der Waals surface area contributed by atoms with Crippen LogP contribution >= 0.6 is 35.3 Å². The minimum atomic E-state index is -0.00373. The Labute approximate surface area is 194 Å². The molecule has 6 nitrogen and oxygen atoms in total. The molecular weight excluding hydrogens is 497 g/mol. The van der Waals surface area contributed by atoms with Crippen LogP contribution in [0.15, 0.2) is 52.8 Å². The molecule has 8 heteroatoms. The van der Waals surface area contributed by atoms with Crippen molar-refractivity contribution in [1.82, 2.24) is 16.0 Å². The van der Waals surface area contributed by atoms with E-state index >= 15 is 0 Å². The zero-order chi connectivity index (χ0) is 19.6. The lowest BCUT2D eigenvalue weighted by Crippen LogP contribution is -2.44. The fourth-order valence-electron chi connectivity index (χ4n) is 3.23. The molecule has 1 aliphatic rings. The topological polar surface area (TPSA) is 68.8 Å². The number of benzene rings is 1. The third-order valence-electron chi connectivity index (χ3n) is 4.63. The zero-order valence-corrected chi connectivity index (χ0v) is 19.9. The molecule has 1 aromatic heterocycles. The van der Waals surface area contributed by atoms with Gasteiger partial charge in [-0.1, -0.05) is 24.3 Å². The van der Waals surface area contributed by atoms with Gasteiger partial charge in [0.15, 0.2) is 5.96 Å². The number of para-hydroxylation sites is 1. The molecular formula is C21H30IN5OS. The first-order valence-electron chi connectivity index (χ1n) is 9.93. The van der Waals surface area contributed by atoms with Gasteiger partial charge in [-0.2, -0.15) is 0 Å². The molecule has 0 bridgehead atoms. The molecule has 1 atom stereocenters. The average molecular weight is 527 g/mol. The summed E-state index contributed by atoms with van der Waals surface area (Å²) in [4.78, 5) is 19.7. The molecule has 2 aromatic rings. The van der Waals surface area contributed by atoms with Crippen molar-refractivity contribution in [1.29, 1.82) is 0 Å². The van der Waals surface area contributed by atoms with Crippen LogP contribution in [0.3, 0.4) is 0 Å². The third-order valence-corrected chi connectivity index (χ3v) is 5.50. The quantitative estimate of drug-likeness (QED) is 0.213. The van der Waals surface area contributed by atoms with Gasteiger partial charge in [0.25, 0.3) is 5.91 Å². The Bertz CT molecular complexity index is 754. The largest absolute Gasteiger partial charge is 0.369 e. The van der Waals surface area contributed by atoms with Crippen LogP contribution < -0.4 is 20.9 Å². The van der Waals surface area contributed by atoms with E-state index in [-0.39, 0.29) is 29.9 Å². The summed E-state index contributed by atoms with van der Waals surface area (Å²) in [5.74, 6) is 0.850. The zero-order valence-electron chi connectivity index (χ0n) is 16.8. The number of anilines is 1. The second kappa shape index (κ2) is 12.7. The number of carbonyl (C=O) groups is 1. The summed E-state index contributed by atoms with van der Waals surface area (Å²) in [6, 6.07) is 14.6. The Hall–Kier alpha value is -1.81. The number of guanidine groups is 1. The lowest BCUT2D eigenvalue weighted by Gasteiger charge is -2.20. The van der Waals surface area contributed by atoms with Gasteiger partial charge in [0.1, 0.15) is 0 Å². The molecule has 1 aromatic carbocycles. The molecule has 158 valence electrons. The highest BCUT2D eigenvalue weighted by Crippen LogP contribution is 2.19. The number of carbonyl (C=O) groups excluding carboxylic acids is 1. The Morgan fingerprint density at radius 1 is 1.21 bits per heavy atom. The number of rotatable bonds is 8. The van der Waals surface area contributed by atoms with Gasteiger partial charge in [0, 0.05) is 44.5 Å². The van der Waals surface area contributed by atoms with Crippen LogP contribution in [0.2, 0.25) is 0 Å². The Balaban J connectivity index is 0.00000300. The van der Waals surface area contributed by atoms with Crippen LogP contribution in [0.5, 0.6) is 0 Å². The van der Waals surface area contributed by atoms with Gasteiger partial charge in [-0.05, 0) is 43.3 Å². The van der Waals surface area contributed by atoms with E-state index in [4.69, 9.17) is 0 Å². The van der Waals surface area contributed by atoms with E-state index in [0.29, 0.717) is 19.1 Å². The van der Waals surface area contributed by atoms with Crippen molar-refractivity contribution in [2.24, 2.45) is 4.99 Å². The molecule has 3 N–H and O–H groups in total. The average Bonchev–Trinajstić information content (AvgIpc) is 3.41. The molecule has 1 fully saturated rings. The molecule has 1 saturated heterocycles. The standard InChI is InChI=1S/C21H29N5OS.HI/c1-2-22-21(24-13-7-12-23-20(27)19-10-6-15-28-19)25-17-11-14-26(16-17)18-8-4-3-5-9-18;/h3-6,8-10,15,17H,2,7,11-14,16H2,1H3,(H,23,27)(H2,22,24,25);1H. The summed E-state index contributed by atoms with van der Waals surface area (Å²) in [5.41, 5.74) is 1.27. The number of thiophene rings is 1. The molecule has 0 radical (unpaired) electrons. The van der Waals surface area contributed by atoms with Gasteiger partial charge >= 0.3 is 0 Å². The third kappa shape index (κ3) is 7.50. The molecule has 0 aliphatic carbocycles. The minimum Gasteiger partial charge on any atom is -0.369 e. The number of aliphatic imine (C=N–C) groups is 1. The molecule has 0 spiro atoms. The van der Waals surface area contributed by atoms with Crippen molar-refractivity contribution in [3.8, 4) is 0 Å². The number of hydrogen-bond donors (Lipinski definition) is 3. The van der Waals surface area contributed by atoms with Crippen molar-refractivity contribution in [3.63, 3.8) is 0 Å². The lowest BCUT2D eigenvalue weighted by atomic mass is 10.3. The van der Waals surface area contributed by atoms with E-state index < -0.39 is 0 Å². The van der Waals surface area contributed by atoms with Crippen LogP contribution in [0.4, 0.5) is 5.69 Å². The van der Waals surface area contributed by atoms with Gasteiger partial charge < -0.3 is 20.9 Å². The van der Waals surface area contributed by atoms with Crippen LogP contribution in [-0.2, 0) is 0 Å². The maximum Gasteiger partial charge on any atom is 0.261 e. The van der Waals surface area contributed by atoms with Crippen molar-refractivity contribution in [3.05, 3.63) is 52.7 Å². The van der Waals surface area contributed by atoms with Gasteiger partial charge in [0.2, 0.25) is 0 Å². The lowest BCUT2D eigenvalue weighted by molar-refractivity contribution is 0.0957. The molecule has 3 rings (SSSR count). The second-order valence-electron chi connectivity index (χ2n) is 6.76. The molecule has 1 unspecified atom stereocenters. The van der Waals surface area contributed by atoms with E-state index in [1.807, 2.05) is 23.6 Å². The Morgan fingerprint density at radius 3 is 2.76 bits per heavy atom. The van der Waals surface area contributed by atoms with E-state index in [0.717, 1.165) is 43.3 Å². The van der Waals surface area contributed by atoms with Crippen molar-refractivity contribution in [2.75, 3.05) is 37.6 Å². The molecule has 29 heavy (non-hydrogen) atoms. The van der Waals surface area contributed by atoms with Crippen molar-refractivity contribution < 1.29 is 4.79 Å². The maximum atomic E-state index is 11.9. The highest BCUT2D eigenvalue weighted by Gasteiger charge is 2.23. The highest BCUT2D eigenvalue weighted by molar-refractivity contribution is 14.0. The van der Waals surface area contributed by atoms with Crippen LogP contribution in [0, 0.1) is 0 Å². The predicted molar refractivity (Wildman–Crippen MR) is 133 cm³/mol. The molecule has 1 aliphatic heterocycles. The normalized spacial score (nSPS) is 16.2. The first kappa shape index (κ1) is 23.5. The van der Waals surface area contributed by atoms with Crippen molar-refractivity contribution in [2.45, 2.75) is 25.8 Å². The predicted octanol–water partition coefficient (Wildman–Crippen LogP) is 3.32. The smallest absolute Gasteiger partial charge is 0.261 e. The van der Waals surface area contributed by atoms with Gasteiger partial charge in [-0.15, -0.1) is 35.3 Å². The summed E-state index contributed by atoms with van der Waals surface area (Å²) in [6.45, 7) is 6.24. The number of halogens is 1. The van der Waals surface area contributed by atoms with E-state index in [9.17, 15) is 4.79 Å². The number of nitrogens with zero attached hydrogens (tertiary/aromatic N) is 2. The summed E-state index contributed by atoms with van der Waals surface area (Å²) < 4.78 is 0. The molecule has 2 heterocycles. The fourth-order valence-corrected chi connectivity index (χ4v) is 3.87. The summed E-state index contributed by atoms with van der Waals surface area (Å²) in [5, 5.41) is 11.7. The summed E-state index contributed by atoms with van der Waals surface area (Å²) >= 11 is 1.46. The van der Waals surface area contributed by atoms with E-state index in [1.54, 1.807) is 0 Å². The summed E-state index contributed by atoms with van der Waals surface area (Å²) in [7, 11) is 0. The number of amides is 1. The van der Waals surface area contributed by atoms with Gasteiger partial charge in [-0.25, -0.2) is 0 Å². The van der Waals surface area contributed by atoms with E-state index in [2.05, 4.69) is 57.0 Å². The number of nitrogens with one attached hydrogen (secondary N) is 3. The van der Waals surface area contributed by atoms with Crippen LogP contribution in [0.25, 0.3) is 0 Å². The van der Waals surface area contributed by atoms with Gasteiger partial charge in [-0.3, -0.25) is 9.79 Å². The van der Waals surface area contributed by atoms with Gasteiger partial charge in [0.05, 0.1) is 4.88 Å². The van der Waals surface area contributed by atoms with Crippen LogP contribution in [-0.4, -0.2) is 50.6 Å².